The number of hydrogen-bond acceptors (Lipinski definition) is 1. The van der Waals surface area contributed by atoms with E-state index in [1.807, 2.05) is 0 Å². The normalized spacial score (nSPS) is 12.5. The Bertz CT molecular complexity index is 683. The Labute approximate surface area is 121 Å². The van der Waals surface area contributed by atoms with Crippen LogP contribution in [0, 0.1) is 0 Å². The Balaban J connectivity index is 2.49. The fourth-order valence-corrected chi connectivity index (χ4v) is 2.02. The fraction of sp³-hybridized carbons (Fsp3) is 0.214. The van der Waals surface area contributed by atoms with Crippen LogP contribution in [0.5, 0.6) is 0 Å². The van der Waals surface area contributed by atoms with Gasteiger partial charge in [-0.15, -0.1) is 0 Å². The third-order valence-corrected chi connectivity index (χ3v) is 3.07. The highest BCUT2D eigenvalue weighted by Gasteiger charge is 2.38. The molecule has 0 fully saturated rings. The van der Waals surface area contributed by atoms with Crippen molar-refractivity contribution in [1.29, 1.82) is 0 Å². The second kappa shape index (κ2) is 5.51. The van der Waals surface area contributed by atoms with Gasteiger partial charge in [-0.05, 0) is 29.8 Å². The van der Waals surface area contributed by atoms with Crippen LogP contribution in [-0.2, 0) is 18.9 Å². The Morgan fingerprint density at radius 2 is 1.68 bits per heavy atom. The number of aromatic nitrogens is 1. The first-order valence-electron chi connectivity index (χ1n) is 6.00. The molecule has 1 aromatic heterocycles. The molecule has 2 aromatic rings. The number of alkyl halides is 6. The number of aldehydes is 1. The highest BCUT2D eigenvalue weighted by atomic mass is 19.4. The average Bonchev–Trinajstić information content (AvgIpc) is 2.84. The predicted molar refractivity (Wildman–Crippen MR) is 65.4 cm³/mol. The van der Waals surface area contributed by atoms with Crippen molar-refractivity contribution in [3.63, 3.8) is 0 Å². The minimum atomic E-state index is -4.93. The molecule has 1 heterocycles. The lowest BCUT2D eigenvalue weighted by Gasteiger charge is -2.16. The van der Waals surface area contributed by atoms with E-state index in [0.717, 1.165) is 6.07 Å². The van der Waals surface area contributed by atoms with Gasteiger partial charge in [0.25, 0.3) is 0 Å². The summed E-state index contributed by atoms with van der Waals surface area (Å²) in [6, 6.07) is 4.31. The van der Waals surface area contributed by atoms with Gasteiger partial charge in [0.2, 0.25) is 0 Å². The molecule has 1 aromatic carbocycles. The van der Waals surface area contributed by atoms with E-state index in [1.165, 1.54) is 22.9 Å². The fourth-order valence-electron chi connectivity index (χ4n) is 2.02. The molecule has 2 rings (SSSR count). The van der Waals surface area contributed by atoms with E-state index in [4.69, 9.17) is 0 Å². The van der Waals surface area contributed by atoms with Crippen LogP contribution >= 0.6 is 0 Å². The second-order valence-corrected chi connectivity index (χ2v) is 4.55. The van der Waals surface area contributed by atoms with Gasteiger partial charge in [0, 0.05) is 12.7 Å². The molecule has 0 atom stereocenters. The summed E-state index contributed by atoms with van der Waals surface area (Å²) >= 11 is 0. The monoisotopic (exact) mass is 321 g/mol. The van der Waals surface area contributed by atoms with Gasteiger partial charge in [-0.3, -0.25) is 4.79 Å². The molecule has 8 heteroatoms. The molecule has 0 saturated heterocycles. The first kappa shape index (κ1) is 16.1. The molecule has 0 saturated carbocycles. The molecule has 0 aliphatic heterocycles. The summed E-state index contributed by atoms with van der Waals surface area (Å²) in [4.78, 5) is 10.8. The number of carbonyl (C=O) groups excluding carboxylic acids is 1. The molecular formula is C14H9F6NO. The van der Waals surface area contributed by atoms with E-state index in [0.29, 0.717) is 12.4 Å². The lowest BCUT2D eigenvalue weighted by molar-refractivity contribution is -0.143. The zero-order chi connectivity index (χ0) is 16.5. The third kappa shape index (κ3) is 3.32. The van der Waals surface area contributed by atoms with E-state index in [2.05, 4.69) is 0 Å². The van der Waals surface area contributed by atoms with Gasteiger partial charge in [-0.25, -0.2) is 0 Å². The SMILES string of the molecule is O=Cc1cccn1Cc1ccc(C(F)(F)F)cc1C(F)(F)F. The van der Waals surface area contributed by atoms with E-state index in [-0.39, 0.29) is 23.9 Å². The van der Waals surface area contributed by atoms with Crippen molar-refractivity contribution < 1.29 is 31.1 Å². The molecule has 2 nitrogen and oxygen atoms in total. The highest BCUT2D eigenvalue weighted by Crippen LogP contribution is 2.37. The van der Waals surface area contributed by atoms with Crippen LogP contribution in [-0.4, -0.2) is 10.9 Å². The van der Waals surface area contributed by atoms with E-state index in [9.17, 15) is 31.1 Å². The maximum atomic E-state index is 13.0. The quantitative estimate of drug-likeness (QED) is 0.607. The Hall–Kier alpha value is -2.25. The second-order valence-electron chi connectivity index (χ2n) is 4.55. The van der Waals surface area contributed by atoms with Gasteiger partial charge in [0.05, 0.1) is 16.8 Å². The lowest BCUT2D eigenvalue weighted by Crippen LogP contribution is -2.15. The van der Waals surface area contributed by atoms with Gasteiger partial charge in [0.15, 0.2) is 6.29 Å². The van der Waals surface area contributed by atoms with Crippen LogP contribution < -0.4 is 0 Å². The largest absolute Gasteiger partial charge is 0.416 e. The van der Waals surface area contributed by atoms with Crippen molar-refractivity contribution in [3.8, 4) is 0 Å². The standard InChI is InChI=1S/C14H9F6NO/c15-13(16,17)10-4-3-9(12(6-10)14(18,19)20)7-21-5-1-2-11(21)8-22/h1-6,8H,7H2. The van der Waals surface area contributed by atoms with Crippen LogP contribution in [0.15, 0.2) is 36.5 Å². The maximum absolute atomic E-state index is 13.0. The molecule has 118 valence electrons. The maximum Gasteiger partial charge on any atom is 0.416 e. The summed E-state index contributed by atoms with van der Waals surface area (Å²) in [7, 11) is 0. The van der Waals surface area contributed by atoms with Gasteiger partial charge in [-0.2, -0.15) is 26.3 Å². The topological polar surface area (TPSA) is 22.0 Å². The van der Waals surface area contributed by atoms with Crippen molar-refractivity contribution in [3.05, 3.63) is 58.9 Å². The van der Waals surface area contributed by atoms with E-state index < -0.39 is 23.5 Å². The van der Waals surface area contributed by atoms with Crippen molar-refractivity contribution in [2.75, 3.05) is 0 Å². The molecule has 0 aliphatic carbocycles. The minimum absolute atomic E-state index is 0.0828. The predicted octanol–water partition coefficient (Wildman–Crippen LogP) is 4.39. The Morgan fingerprint density at radius 1 is 1.00 bits per heavy atom. The molecule has 0 spiro atoms. The van der Waals surface area contributed by atoms with Crippen LogP contribution in [0.1, 0.15) is 27.2 Å². The number of benzene rings is 1. The van der Waals surface area contributed by atoms with Gasteiger partial charge < -0.3 is 4.57 Å². The van der Waals surface area contributed by atoms with Crippen LogP contribution in [0.25, 0.3) is 0 Å². The third-order valence-electron chi connectivity index (χ3n) is 3.07. The molecular weight excluding hydrogens is 312 g/mol. The first-order chi connectivity index (χ1) is 10.1. The average molecular weight is 321 g/mol. The molecule has 0 N–H and O–H groups in total. The molecule has 0 aliphatic rings. The first-order valence-corrected chi connectivity index (χ1v) is 6.00. The lowest BCUT2D eigenvalue weighted by atomic mass is 10.0. The zero-order valence-electron chi connectivity index (χ0n) is 10.9. The molecule has 0 radical (unpaired) electrons. The Morgan fingerprint density at radius 3 is 2.23 bits per heavy atom. The van der Waals surface area contributed by atoms with Gasteiger partial charge in [-0.1, -0.05) is 6.07 Å². The number of rotatable bonds is 3. The summed E-state index contributed by atoms with van der Waals surface area (Å²) in [6.07, 6.45) is -7.95. The minimum Gasteiger partial charge on any atom is -0.341 e. The van der Waals surface area contributed by atoms with E-state index in [1.54, 1.807) is 0 Å². The summed E-state index contributed by atoms with van der Waals surface area (Å²) in [5, 5.41) is 0. The van der Waals surface area contributed by atoms with Crippen molar-refractivity contribution in [2.24, 2.45) is 0 Å². The molecule has 0 bridgehead atoms. The zero-order valence-corrected chi connectivity index (χ0v) is 10.9. The van der Waals surface area contributed by atoms with Gasteiger partial charge in [0.1, 0.15) is 0 Å². The number of halogens is 6. The smallest absolute Gasteiger partial charge is 0.341 e. The summed E-state index contributed by atoms with van der Waals surface area (Å²) in [5.41, 5.74) is -2.95. The number of nitrogens with zero attached hydrogens (tertiary/aromatic N) is 1. The summed E-state index contributed by atoms with van der Waals surface area (Å²) < 4.78 is 77.9. The van der Waals surface area contributed by atoms with Crippen molar-refractivity contribution in [1.82, 2.24) is 4.57 Å². The molecule has 22 heavy (non-hydrogen) atoms. The highest BCUT2D eigenvalue weighted by molar-refractivity contribution is 5.72. The molecule has 0 amide bonds. The number of hydrogen-bond donors (Lipinski definition) is 0. The van der Waals surface area contributed by atoms with Crippen molar-refractivity contribution >= 4 is 6.29 Å². The van der Waals surface area contributed by atoms with Crippen LogP contribution in [0.4, 0.5) is 26.3 Å². The summed E-state index contributed by atoms with van der Waals surface area (Å²) in [6.45, 7) is -0.353. The van der Waals surface area contributed by atoms with Gasteiger partial charge >= 0.3 is 12.4 Å². The molecule has 0 unspecified atom stereocenters. The van der Waals surface area contributed by atoms with E-state index >= 15 is 0 Å². The Kier molecular flexibility index (Phi) is 4.04. The summed E-state index contributed by atoms with van der Waals surface area (Å²) in [5.74, 6) is 0. The van der Waals surface area contributed by atoms with Crippen LogP contribution in [0.2, 0.25) is 0 Å². The van der Waals surface area contributed by atoms with Crippen LogP contribution in [0.3, 0.4) is 0 Å². The van der Waals surface area contributed by atoms with Crippen molar-refractivity contribution in [2.45, 2.75) is 18.9 Å². The number of carbonyl (C=O) groups is 1.